The number of hydrogen-bond donors (Lipinski definition) is 2. The van der Waals surface area contributed by atoms with Gasteiger partial charge in [0.2, 0.25) is 11.8 Å². The second kappa shape index (κ2) is 8.81. The number of ether oxygens (including phenoxy) is 1. The average molecular weight is 345 g/mol. The second-order valence-electron chi connectivity index (χ2n) is 5.90. The van der Waals surface area contributed by atoms with E-state index in [1.807, 2.05) is 24.3 Å². The van der Waals surface area contributed by atoms with E-state index in [-0.39, 0.29) is 24.3 Å². The van der Waals surface area contributed by atoms with Crippen LogP contribution in [0.1, 0.15) is 19.4 Å². The number of aromatic nitrogens is 3. The molecule has 0 atom stereocenters. The molecule has 0 unspecified atom stereocenters. The lowest BCUT2D eigenvalue weighted by molar-refractivity contribution is -0.122. The number of benzene rings is 1. The molecule has 0 saturated carbocycles. The molecule has 2 rings (SSSR count). The number of carbonyl (C=O) groups excluding carboxylic acids is 2. The van der Waals surface area contributed by atoms with Crippen LogP contribution in [0.15, 0.2) is 30.5 Å². The van der Waals surface area contributed by atoms with Crippen molar-refractivity contribution in [3.8, 4) is 5.75 Å². The Morgan fingerprint density at radius 2 is 2.12 bits per heavy atom. The van der Waals surface area contributed by atoms with Gasteiger partial charge >= 0.3 is 0 Å². The van der Waals surface area contributed by atoms with E-state index in [1.165, 1.54) is 10.9 Å². The zero-order valence-electron chi connectivity index (χ0n) is 14.7. The van der Waals surface area contributed by atoms with Crippen LogP contribution in [0.2, 0.25) is 0 Å². The van der Waals surface area contributed by atoms with E-state index in [1.54, 1.807) is 21.0 Å². The molecule has 0 radical (unpaired) electrons. The van der Waals surface area contributed by atoms with Crippen molar-refractivity contribution in [2.24, 2.45) is 5.92 Å². The molecule has 1 aromatic heterocycles. The van der Waals surface area contributed by atoms with Crippen LogP contribution < -0.4 is 15.4 Å². The van der Waals surface area contributed by atoms with Crippen LogP contribution >= 0.6 is 0 Å². The van der Waals surface area contributed by atoms with Gasteiger partial charge in [-0.1, -0.05) is 31.2 Å². The van der Waals surface area contributed by atoms with Gasteiger partial charge < -0.3 is 15.4 Å². The summed E-state index contributed by atoms with van der Waals surface area (Å²) >= 11 is 0. The minimum atomic E-state index is -0.172. The molecule has 2 amide bonds. The molecule has 0 aliphatic heterocycles. The number of amides is 2. The van der Waals surface area contributed by atoms with Gasteiger partial charge in [-0.25, -0.2) is 4.68 Å². The highest BCUT2D eigenvalue weighted by Crippen LogP contribution is 2.12. The zero-order chi connectivity index (χ0) is 18.2. The first-order valence-electron chi connectivity index (χ1n) is 8.08. The lowest BCUT2D eigenvalue weighted by Gasteiger charge is -2.06. The van der Waals surface area contributed by atoms with Crippen LogP contribution in [0.5, 0.6) is 5.75 Å². The van der Waals surface area contributed by atoms with Gasteiger partial charge in [0, 0.05) is 12.5 Å². The van der Waals surface area contributed by atoms with Crippen LogP contribution in [0.3, 0.4) is 0 Å². The Balaban J connectivity index is 1.76. The highest BCUT2D eigenvalue weighted by atomic mass is 16.5. The van der Waals surface area contributed by atoms with Gasteiger partial charge in [0.15, 0.2) is 5.82 Å². The minimum Gasteiger partial charge on any atom is -0.497 e. The molecule has 0 bridgehead atoms. The summed E-state index contributed by atoms with van der Waals surface area (Å²) in [6, 6.07) is 7.71. The summed E-state index contributed by atoms with van der Waals surface area (Å²) in [4.78, 5) is 23.5. The summed E-state index contributed by atoms with van der Waals surface area (Å²) in [5.74, 6) is 0.666. The molecule has 2 aromatic rings. The first-order valence-corrected chi connectivity index (χ1v) is 8.08. The molecule has 2 N–H and O–H groups in total. The molecule has 1 aromatic carbocycles. The first-order chi connectivity index (χ1) is 12.0. The zero-order valence-corrected chi connectivity index (χ0v) is 14.7. The van der Waals surface area contributed by atoms with Crippen LogP contribution in [-0.4, -0.2) is 40.5 Å². The highest BCUT2D eigenvalue weighted by Gasteiger charge is 2.11. The maximum Gasteiger partial charge on any atom is 0.241 e. The summed E-state index contributed by atoms with van der Waals surface area (Å²) in [6.07, 6.45) is 2.23. The lowest BCUT2D eigenvalue weighted by atomic mass is 10.1. The largest absolute Gasteiger partial charge is 0.497 e. The smallest absolute Gasteiger partial charge is 0.241 e. The van der Waals surface area contributed by atoms with E-state index in [2.05, 4.69) is 20.9 Å². The van der Waals surface area contributed by atoms with Crippen LogP contribution in [-0.2, 0) is 22.6 Å². The Bertz CT molecular complexity index is 727. The number of hydrogen-bond acceptors (Lipinski definition) is 5. The van der Waals surface area contributed by atoms with E-state index in [9.17, 15) is 9.59 Å². The summed E-state index contributed by atoms with van der Waals surface area (Å²) in [6.45, 7) is 4.13. The Hall–Kier alpha value is -2.90. The summed E-state index contributed by atoms with van der Waals surface area (Å²) < 4.78 is 6.56. The molecule has 0 aliphatic carbocycles. The van der Waals surface area contributed by atoms with Crippen molar-refractivity contribution in [1.82, 2.24) is 20.3 Å². The van der Waals surface area contributed by atoms with Crippen molar-refractivity contribution in [3.05, 3.63) is 36.0 Å². The second-order valence-corrected chi connectivity index (χ2v) is 5.90. The molecule has 0 aliphatic rings. The number of nitrogens with zero attached hydrogens (tertiary/aromatic N) is 3. The third-order valence-corrected chi connectivity index (χ3v) is 3.49. The predicted molar refractivity (Wildman–Crippen MR) is 93.2 cm³/mol. The molecule has 8 nitrogen and oxygen atoms in total. The van der Waals surface area contributed by atoms with E-state index >= 15 is 0 Å². The van der Waals surface area contributed by atoms with Crippen LogP contribution in [0.25, 0.3) is 0 Å². The maximum absolute atomic E-state index is 12.0. The van der Waals surface area contributed by atoms with E-state index in [4.69, 9.17) is 4.74 Å². The monoisotopic (exact) mass is 345 g/mol. The number of methoxy groups -OCH3 is 1. The SMILES string of the molecule is COc1cccc(CCNC(=O)Cn2cc(NC(=O)C(C)C)nn2)c1. The third kappa shape index (κ3) is 5.91. The summed E-state index contributed by atoms with van der Waals surface area (Å²) in [7, 11) is 1.62. The summed E-state index contributed by atoms with van der Waals surface area (Å²) in [5.41, 5.74) is 1.08. The fraction of sp³-hybridized carbons (Fsp3) is 0.412. The molecular weight excluding hydrogens is 322 g/mol. The Morgan fingerprint density at radius 1 is 1.32 bits per heavy atom. The third-order valence-electron chi connectivity index (χ3n) is 3.49. The van der Waals surface area contributed by atoms with E-state index in [0.29, 0.717) is 18.8 Å². The predicted octanol–water partition coefficient (Wildman–Crippen LogP) is 1.24. The topological polar surface area (TPSA) is 98.1 Å². The van der Waals surface area contributed by atoms with Crippen molar-refractivity contribution in [2.45, 2.75) is 26.8 Å². The molecule has 0 spiro atoms. The summed E-state index contributed by atoms with van der Waals surface area (Å²) in [5, 5.41) is 13.1. The van der Waals surface area contributed by atoms with Gasteiger partial charge in [0.1, 0.15) is 12.3 Å². The van der Waals surface area contributed by atoms with Crippen LogP contribution in [0.4, 0.5) is 5.82 Å². The standard InChI is InChI=1S/C17H23N5O3/c1-12(2)17(24)19-15-10-22(21-20-15)11-16(23)18-8-7-13-5-4-6-14(9-13)25-3/h4-6,9-10,12H,7-8,11H2,1-3H3,(H,18,23)(H,19,24). The fourth-order valence-electron chi connectivity index (χ4n) is 2.08. The van der Waals surface area contributed by atoms with E-state index in [0.717, 1.165) is 11.3 Å². The number of anilines is 1. The molecule has 0 fully saturated rings. The van der Waals surface area contributed by atoms with Crippen molar-refractivity contribution in [3.63, 3.8) is 0 Å². The first kappa shape index (κ1) is 18.4. The van der Waals surface area contributed by atoms with E-state index < -0.39 is 0 Å². The van der Waals surface area contributed by atoms with Gasteiger partial charge in [-0.2, -0.15) is 0 Å². The van der Waals surface area contributed by atoms with Gasteiger partial charge in [0.25, 0.3) is 0 Å². The van der Waals surface area contributed by atoms with Crippen molar-refractivity contribution in [1.29, 1.82) is 0 Å². The number of carbonyl (C=O) groups is 2. The number of rotatable bonds is 8. The normalized spacial score (nSPS) is 10.6. The molecular formula is C17H23N5O3. The Kier molecular flexibility index (Phi) is 6.50. The van der Waals surface area contributed by atoms with Gasteiger partial charge in [-0.15, -0.1) is 5.10 Å². The van der Waals surface area contributed by atoms with Crippen molar-refractivity contribution in [2.75, 3.05) is 19.0 Å². The molecule has 25 heavy (non-hydrogen) atoms. The molecule has 8 heteroatoms. The quantitative estimate of drug-likeness (QED) is 0.750. The van der Waals surface area contributed by atoms with Gasteiger partial charge in [-0.05, 0) is 24.1 Å². The van der Waals surface area contributed by atoms with Gasteiger partial charge in [-0.3, -0.25) is 9.59 Å². The van der Waals surface area contributed by atoms with Gasteiger partial charge in [0.05, 0.1) is 13.3 Å². The minimum absolute atomic E-state index is 0.0443. The van der Waals surface area contributed by atoms with Crippen LogP contribution in [0, 0.1) is 5.92 Å². The maximum atomic E-state index is 12.0. The lowest BCUT2D eigenvalue weighted by Crippen LogP contribution is -2.29. The van der Waals surface area contributed by atoms with Crippen molar-refractivity contribution < 1.29 is 14.3 Å². The average Bonchev–Trinajstić information content (AvgIpc) is 3.01. The van der Waals surface area contributed by atoms with Crippen molar-refractivity contribution >= 4 is 17.6 Å². The Labute approximate surface area is 146 Å². The highest BCUT2D eigenvalue weighted by molar-refractivity contribution is 5.90. The fourth-order valence-corrected chi connectivity index (χ4v) is 2.08. The molecule has 134 valence electrons. The molecule has 0 saturated heterocycles. The Morgan fingerprint density at radius 3 is 2.84 bits per heavy atom. The number of nitrogens with one attached hydrogen (secondary N) is 2. The molecule has 1 heterocycles.